The monoisotopic (exact) mass is 396 g/mol. The van der Waals surface area contributed by atoms with Gasteiger partial charge in [-0.2, -0.15) is 0 Å². The molecule has 6 nitrogen and oxygen atoms in total. The van der Waals surface area contributed by atoms with Crippen LogP contribution in [0.4, 0.5) is 5.69 Å². The Balaban J connectivity index is 2.05. The van der Waals surface area contributed by atoms with Crippen LogP contribution in [0.1, 0.15) is 18.4 Å². The maximum absolute atomic E-state index is 13.5. The number of amides is 1. The fraction of sp³-hybridized carbons (Fsp3) is 0.0952. The van der Waals surface area contributed by atoms with Crippen LogP contribution in [0.3, 0.4) is 0 Å². The Hall–Kier alpha value is -3.16. The smallest absolute Gasteiger partial charge is 0.268 e. The third kappa shape index (κ3) is 4.39. The summed E-state index contributed by atoms with van der Waals surface area (Å²) in [6.07, 6.45) is 9.85. The Kier molecular flexibility index (Phi) is 6.08. The summed E-state index contributed by atoms with van der Waals surface area (Å²) in [6.45, 7) is 0. The normalized spacial score (nSPS) is 14.0. The second-order valence-electron chi connectivity index (χ2n) is 6.10. The van der Waals surface area contributed by atoms with Gasteiger partial charge in [-0.15, -0.1) is 0 Å². The summed E-state index contributed by atoms with van der Waals surface area (Å²) in [5, 5.41) is 8.57. The van der Waals surface area contributed by atoms with Crippen molar-refractivity contribution in [2.45, 2.75) is 17.7 Å². The lowest BCUT2D eigenvalue weighted by atomic mass is 10.1. The molecule has 0 unspecified atom stereocenters. The van der Waals surface area contributed by atoms with Gasteiger partial charge in [0.05, 0.1) is 16.3 Å². The predicted octanol–water partition coefficient (Wildman–Crippen LogP) is 3.63. The van der Waals surface area contributed by atoms with Crippen molar-refractivity contribution in [2.75, 3.05) is 4.31 Å². The van der Waals surface area contributed by atoms with E-state index in [0.717, 1.165) is 18.9 Å². The number of nitrogens with one attached hydrogen (secondary N) is 1. The van der Waals surface area contributed by atoms with Crippen LogP contribution < -0.4 is 9.79 Å². The van der Waals surface area contributed by atoms with Crippen LogP contribution in [0.5, 0.6) is 0 Å². The summed E-state index contributed by atoms with van der Waals surface area (Å²) in [6, 6.07) is 15.2. The molecule has 2 N–H and O–H groups in total. The lowest BCUT2D eigenvalue weighted by molar-refractivity contribution is -0.124. The zero-order valence-electron chi connectivity index (χ0n) is 15.0. The number of nitrogens with zero attached hydrogens (tertiary/aromatic N) is 1. The van der Waals surface area contributed by atoms with E-state index in [1.807, 2.05) is 24.3 Å². The molecule has 0 heterocycles. The summed E-state index contributed by atoms with van der Waals surface area (Å²) < 4.78 is 28.3. The number of carbonyl (C=O) groups is 1. The first-order valence-corrected chi connectivity index (χ1v) is 10.2. The van der Waals surface area contributed by atoms with Gasteiger partial charge in [0, 0.05) is 6.08 Å². The molecule has 0 saturated heterocycles. The molecule has 0 aliphatic heterocycles. The van der Waals surface area contributed by atoms with Gasteiger partial charge in [-0.1, -0.05) is 42.5 Å². The largest absolute Gasteiger partial charge is 0.288 e. The zero-order valence-corrected chi connectivity index (χ0v) is 15.8. The van der Waals surface area contributed by atoms with E-state index in [-0.39, 0.29) is 4.90 Å². The molecule has 7 heteroatoms. The first kappa shape index (κ1) is 19.6. The number of hydroxylamine groups is 1. The molecule has 144 valence electrons. The standard InChI is InChI=1S/C21H20N2O4S/c24-21(22-25)15-14-17-8-7-13-20(16-17)28(26,27)23(18-9-3-1-4-10-18)19-11-5-2-6-12-19/h1,3-5,7-16,25H,2,6H2,(H,22,24)/b15-14+. The number of hydrogen-bond donors (Lipinski definition) is 2. The van der Waals surface area contributed by atoms with E-state index in [9.17, 15) is 13.2 Å². The van der Waals surface area contributed by atoms with Gasteiger partial charge < -0.3 is 0 Å². The number of benzene rings is 2. The molecule has 2 aromatic carbocycles. The predicted molar refractivity (Wildman–Crippen MR) is 108 cm³/mol. The van der Waals surface area contributed by atoms with Gasteiger partial charge in [-0.3, -0.25) is 10.0 Å². The number of rotatable bonds is 6. The molecule has 0 bridgehead atoms. The molecule has 0 aromatic heterocycles. The SMILES string of the molecule is O=C(/C=C/c1cccc(S(=O)(=O)N(C2=CCCC=C2)c2ccccc2)c1)NO. The molecule has 1 aliphatic rings. The number of para-hydroxylation sites is 1. The second-order valence-corrected chi connectivity index (χ2v) is 7.88. The fourth-order valence-electron chi connectivity index (χ4n) is 2.83. The van der Waals surface area contributed by atoms with Gasteiger partial charge in [0.1, 0.15) is 0 Å². The van der Waals surface area contributed by atoms with Crippen molar-refractivity contribution in [1.82, 2.24) is 5.48 Å². The quantitative estimate of drug-likeness (QED) is 0.443. The minimum Gasteiger partial charge on any atom is -0.288 e. The molecule has 1 aliphatic carbocycles. The number of hydrogen-bond acceptors (Lipinski definition) is 4. The van der Waals surface area contributed by atoms with Crippen LogP contribution in [-0.4, -0.2) is 19.5 Å². The number of anilines is 1. The van der Waals surface area contributed by atoms with Crippen LogP contribution in [0.15, 0.2) is 89.5 Å². The molecular formula is C21H20N2O4S. The molecule has 3 rings (SSSR count). The molecule has 0 fully saturated rings. The Morgan fingerprint density at radius 1 is 1.07 bits per heavy atom. The molecular weight excluding hydrogens is 376 g/mol. The highest BCUT2D eigenvalue weighted by atomic mass is 32.2. The Morgan fingerprint density at radius 3 is 2.54 bits per heavy atom. The maximum atomic E-state index is 13.5. The minimum atomic E-state index is -3.89. The van der Waals surface area contributed by atoms with E-state index in [0.29, 0.717) is 16.9 Å². The zero-order chi connectivity index (χ0) is 20.0. The van der Waals surface area contributed by atoms with E-state index in [1.165, 1.54) is 28.0 Å². The van der Waals surface area contributed by atoms with Gasteiger partial charge in [0.2, 0.25) is 0 Å². The van der Waals surface area contributed by atoms with E-state index < -0.39 is 15.9 Å². The number of allylic oxidation sites excluding steroid dienone is 3. The average molecular weight is 396 g/mol. The van der Waals surface area contributed by atoms with Crippen LogP contribution >= 0.6 is 0 Å². The summed E-state index contributed by atoms with van der Waals surface area (Å²) >= 11 is 0. The Labute approximate surface area is 164 Å². The van der Waals surface area contributed by atoms with Gasteiger partial charge in [-0.25, -0.2) is 18.2 Å². The van der Waals surface area contributed by atoms with E-state index in [1.54, 1.807) is 36.4 Å². The Bertz CT molecular complexity index is 1040. The number of sulfonamides is 1. The van der Waals surface area contributed by atoms with Gasteiger partial charge in [0.15, 0.2) is 0 Å². The van der Waals surface area contributed by atoms with Gasteiger partial charge in [-0.05, 0) is 54.8 Å². The van der Waals surface area contributed by atoms with Crippen molar-refractivity contribution in [3.63, 3.8) is 0 Å². The highest BCUT2D eigenvalue weighted by Gasteiger charge is 2.27. The lowest BCUT2D eigenvalue weighted by Crippen LogP contribution is -2.30. The summed E-state index contributed by atoms with van der Waals surface area (Å²) in [5.74, 6) is -0.698. The summed E-state index contributed by atoms with van der Waals surface area (Å²) in [5.41, 5.74) is 3.15. The Morgan fingerprint density at radius 2 is 1.86 bits per heavy atom. The summed E-state index contributed by atoms with van der Waals surface area (Å²) in [7, 11) is -3.89. The van der Waals surface area contributed by atoms with Crippen LogP contribution in [0.2, 0.25) is 0 Å². The van der Waals surface area contributed by atoms with Crippen molar-refractivity contribution in [1.29, 1.82) is 0 Å². The first-order valence-electron chi connectivity index (χ1n) is 8.71. The van der Waals surface area contributed by atoms with Crippen LogP contribution in [-0.2, 0) is 14.8 Å². The highest BCUT2D eigenvalue weighted by molar-refractivity contribution is 7.93. The van der Waals surface area contributed by atoms with Crippen molar-refractivity contribution in [3.05, 3.63) is 90.2 Å². The van der Waals surface area contributed by atoms with Crippen molar-refractivity contribution in [3.8, 4) is 0 Å². The molecule has 0 atom stereocenters. The topological polar surface area (TPSA) is 86.7 Å². The van der Waals surface area contributed by atoms with Gasteiger partial charge in [0.25, 0.3) is 15.9 Å². The molecule has 0 spiro atoms. The van der Waals surface area contributed by atoms with E-state index >= 15 is 0 Å². The van der Waals surface area contributed by atoms with Crippen molar-refractivity contribution < 1.29 is 18.4 Å². The molecule has 28 heavy (non-hydrogen) atoms. The average Bonchev–Trinajstić information content (AvgIpc) is 2.74. The summed E-state index contributed by atoms with van der Waals surface area (Å²) in [4.78, 5) is 11.3. The molecule has 2 aromatic rings. The minimum absolute atomic E-state index is 0.0998. The van der Waals surface area contributed by atoms with Crippen molar-refractivity contribution >= 4 is 27.7 Å². The van der Waals surface area contributed by atoms with E-state index in [2.05, 4.69) is 0 Å². The van der Waals surface area contributed by atoms with E-state index in [4.69, 9.17) is 5.21 Å². The van der Waals surface area contributed by atoms with Gasteiger partial charge >= 0.3 is 0 Å². The lowest BCUT2D eigenvalue weighted by Gasteiger charge is -2.27. The molecule has 1 amide bonds. The second kappa shape index (κ2) is 8.69. The van der Waals surface area contributed by atoms with Crippen LogP contribution in [0.25, 0.3) is 6.08 Å². The maximum Gasteiger partial charge on any atom is 0.268 e. The third-order valence-corrected chi connectivity index (χ3v) is 5.89. The van der Waals surface area contributed by atoms with Crippen molar-refractivity contribution in [2.24, 2.45) is 0 Å². The third-order valence-electron chi connectivity index (χ3n) is 4.13. The highest BCUT2D eigenvalue weighted by Crippen LogP contribution is 2.30. The van der Waals surface area contributed by atoms with Crippen LogP contribution in [0, 0.1) is 0 Å². The molecule has 0 saturated carbocycles. The first-order chi connectivity index (χ1) is 13.5. The molecule has 0 radical (unpaired) electrons. The number of carbonyl (C=O) groups excluding carboxylic acids is 1. The fourth-order valence-corrected chi connectivity index (χ4v) is 4.39.